The fourth-order valence-electron chi connectivity index (χ4n) is 1.79. The zero-order valence-corrected chi connectivity index (χ0v) is 9.66. The first-order chi connectivity index (χ1) is 7.00. The standard InChI is InChI=1S/C10H14N2O2S/c1-8(2)12-6-9-3-4-11-5-10(9)7-15(12,13)14/h3-5,8H,6-7H2,1-2H3. The predicted molar refractivity (Wildman–Crippen MR) is 57.5 cm³/mol. The summed E-state index contributed by atoms with van der Waals surface area (Å²) in [6, 6.07) is 1.90. The maximum atomic E-state index is 11.9. The van der Waals surface area contributed by atoms with Gasteiger partial charge in [0.25, 0.3) is 0 Å². The van der Waals surface area contributed by atoms with Gasteiger partial charge in [-0.05, 0) is 31.0 Å². The van der Waals surface area contributed by atoms with Gasteiger partial charge in [0, 0.05) is 25.0 Å². The Hall–Kier alpha value is -0.940. The number of aromatic nitrogens is 1. The summed E-state index contributed by atoms with van der Waals surface area (Å²) in [7, 11) is -3.14. The monoisotopic (exact) mass is 226 g/mol. The number of nitrogens with zero attached hydrogens (tertiary/aromatic N) is 2. The molecule has 2 rings (SSSR count). The van der Waals surface area contributed by atoms with Crippen molar-refractivity contribution in [1.29, 1.82) is 0 Å². The summed E-state index contributed by atoms with van der Waals surface area (Å²) in [6.45, 7) is 4.26. The average molecular weight is 226 g/mol. The summed E-state index contributed by atoms with van der Waals surface area (Å²) in [5, 5.41) is 0. The van der Waals surface area contributed by atoms with E-state index in [0.717, 1.165) is 11.1 Å². The normalized spacial score (nSPS) is 20.2. The number of rotatable bonds is 1. The summed E-state index contributed by atoms with van der Waals surface area (Å²) in [5.41, 5.74) is 1.89. The van der Waals surface area contributed by atoms with E-state index in [9.17, 15) is 8.42 Å². The largest absolute Gasteiger partial charge is 0.264 e. The molecule has 0 saturated heterocycles. The Labute approximate surface area is 90.0 Å². The molecule has 1 aromatic rings. The van der Waals surface area contributed by atoms with E-state index >= 15 is 0 Å². The van der Waals surface area contributed by atoms with Crippen molar-refractivity contribution >= 4 is 10.0 Å². The van der Waals surface area contributed by atoms with E-state index in [2.05, 4.69) is 4.98 Å². The molecular formula is C10H14N2O2S. The van der Waals surface area contributed by atoms with Crippen molar-refractivity contribution in [1.82, 2.24) is 9.29 Å². The number of sulfonamides is 1. The first-order valence-corrected chi connectivity index (χ1v) is 6.53. The Bertz CT molecular complexity index is 468. The first-order valence-electron chi connectivity index (χ1n) is 4.92. The van der Waals surface area contributed by atoms with Crippen LogP contribution < -0.4 is 0 Å². The lowest BCUT2D eigenvalue weighted by Crippen LogP contribution is -2.40. The van der Waals surface area contributed by atoms with Crippen molar-refractivity contribution in [3.8, 4) is 0 Å². The fourth-order valence-corrected chi connectivity index (χ4v) is 3.59. The van der Waals surface area contributed by atoms with E-state index in [1.807, 2.05) is 19.9 Å². The van der Waals surface area contributed by atoms with Crippen LogP contribution in [0.15, 0.2) is 18.5 Å². The second-order valence-corrected chi connectivity index (χ2v) is 5.96. The molecule has 0 fully saturated rings. The van der Waals surface area contributed by atoms with Crippen LogP contribution in [0.2, 0.25) is 0 Å². The summed E-state index contributed by atoms with van der Waals surface area (Å²) in [4.78, 5) is 3.95. The molecule has 0 saturated carbocycles. The summed E-state index contributed by atoms with van der Waals surface area (Å²) >= 11 is 0. The van der Waals surface area contributed by atoms with Gasteiger partial charge in [-0.2, -0.15) is 4.31 Å². The molecule has 0 spiro atoms. The third-order valence-electron chi connectivity index (χ3n) is 2.60. The molecule has 2 heterocycles. The number of fused-ring (bicyclic) bond motifs is 1. The van der Waals surface area contributed by atoms with Crippen LogP contribution in [0.3, 0.4) is 0 Å². The van der Waals surface area contributed by atoms with Gasteiger partial charge in [-0.25, -0.2) is 8.42 Å². The van der Waals surface area contributed by atoms with Crippen LogP contribution in [0.1, 0.15) is 25.0 Å². The van der Waals surface area contributed by atoms with Crippen LogP contribution in [0, 0.1) is 0 Å². The second-order valence-electron chi connectivity index (χ2n) is 4.04. The SMILES string of the molecule is CC(C)N1Cc2ccncc2CS1(=O)=O. The summed E-state index contributed by atoms with van der Waals surface area (Å²) in [6.07, 6.45) is 3.35. The van der Waals surface area contributed by atoms with Gasteiger partial charge in [-0.1, -0.05) is 0 Å². The Morgan fingerprint density at radius 1 is 1.40 bits per heavy atom. The molecule has 0 unspecified atom stereocenters. The third-order valence-corrected chi connectivity index (χ3v) is 4.54. The van der Waals surface area contributed by atoms with Crippen molar-refractivity contribution in [2.24, 2.45) is 0 Å². The van der Waals surface area contributed by atoms with Gasteiger partial charge < -0.3 is 0 Å². The lowest BCUT2D eigenvalue weighted by molar-refractivity contribution is 0.340. The molecule has 0 bridgehead atoms. The van der Waals surface area contributed by atoms with E-state index in [-0.39, 0.29) is 11.8 Å². The Balaban J connectivity index is 2.45. The molecule has 0 N–H and O–H groups in total. The highest BCUT2D eigenvalue weighted by Crippen LogP contribution is 2.25. The first kappa shape index (κ1) is 10.6. The van der Waals surface area contributed by atoms with Gasteiger partial charge in [0.05, 0.1) is 5.75 Å². The molecule has 82 valence electrons. The molecular weight excluding hydrogens is 212 g/mol. The van der Waals surface area contributed by atoms with E-state index in [4.69, 9.17) is 0 Å². The number of hydrogen-bond acceptors (Lipinski definition) is 3. The van der Waals surface area contributed by atoms with Crippen molar-refractivity contribution < 1.29 is 8.42 Å². The molecule has 15 heavy (non-hydrogen) atoms. The van der Waals surface area contributed by atoms with E-state index < -0.39 is 10.0 Å². The number of hydrogen-bond donors (Lipinski definition) is 0. The van der Waals surface area contributed by atoms with Crippen LogP contribution in [0.5, 0.6) is 0 Å². The van der Waals surface area contributed by atoms with Crippen LogP contribution in [0.25, 0.3) is 0 Å². The minimum atomic E-state index is -3.14. The summed E-state index contributed by atoms with van der Waals surface area (Å²) < 4.78 is 25.3. The quantitative estimate of drug-likeness (QED) is 0.721. The topological polar surface area (TPSA) is 50.3 Å². The van der Waals surface area contributed by atoms with Crippen LogP contribution in [-0.2, 0) is 22.3 Å². The van der Waals surface area contributed by atoms with Crippen molar-refractivity contribution in [2.75, 3.05) is 0 Å². The smallest absolute Gasteiger partial charge is 0.218 e. The maximum absolute atomic E-state index is 11.9. The lowest BCUT2D eigenvalue weighted by atomic mass is 10.1. The summed E-state index contributed by atoms with van der Waals surface area (Å²) in [5.74, 6) is 0.0777. The van der Waals surface area contributed by atoms with Gasteiger partial charge in [-0.15, -0.1) is 0 Å². The second kappa shape index (κ2) is 3.57. The average Bonchev–Trinajstić information content (AvgIpc) is 2.14. The molecule has 0 amide bonds. The molecule has 0 radical (unpaired) electrons. The van der Waals surface area contributed by atoms with E-state index in [1.54, 1.807) is 12.4 Å². The Morgan fingerprint density at radius 3 is 2.80 bits per heavy atom. The predicted octanol–water partition coefficient (Wildman–Crippen LogP) is 1.14. The highest BCUT2D eigenvalue weighted by molar-refractivity contribution is 7.88. The van der Waals surface area contributed by atoms with E-state index in [1.165, 1.54) is 4.31 Å². The van der Waals surface area contributed by atoms with Crippen LogP contribution in [-0.4, -0.2) is 23.7 Å². The molecule has 0 atom stereocenters. The Kier molecular flexibility index (Phi) is 2.52. The molecule has 1 aliphatic rings. The fraction of sp³-hybridized carbons (Fsp3) is 0.500. The zero-order valence-electron chi connectivity index (χ0n) is 8.84. The van der Waals surface area contributed by atoms with Gasteiger partial charge in [0.1, 0.15) is 0 Å². The highest BCUT2D eigenvalue weighted by atomic mass is 32.2. The zero-order chi connectivity index (χ0) is 11.1. The molecule has 1 aromatic heterocycles. The van der Waals surface area contributed by atoms with E-state index in [0.29, 0.717) is 6.54 Å². The molecule has 0 aliphatic carbocycles. The van der Waals surface area contributed by atoms with Gasteiger partial charge in [-0.3, -0.25) is 4.98 Å². The van der Waals surface area contributed by atoms with Crippen molar-refractivity contribution in [2.45, 2.75) is 32.2 Å². The minimum absolute atomic E-state index is 0.0105. The minimum Gasteiger partial charge on any atom is -0.264 e. The van der Waals surface area contributed by atoms with Crippen LogP contribution >= 0.6 is 0 Å². The van der Waals surface area contributed by atoms with Gasteiger partial charge >= 0.3 is 0 Å². The molecule has 5 heteroatoms. The third kappa shape index (κ3) is 1.89. The van der Waals surface area contributed by atoms with Crippen molar-refractivity contribution in [3.63, 3.8) is 0 Å². The molecule has 4 nitrogen and oxygen atoms in total. The van der Waals surface area contributed by atoms with Gasteiger partial charge in [0.2, 0.25) is 10.0 Å². The van der Waals surface area contributed by atoms with Crippen LogP contribution in [0.4, 0.5) is 0 Å². The van der Waals surface area contributed by atoms with Gasteiger partial charge in [0.15, 0.2) is 0 Å². The maximum Gasteiger partial charge on any atom is 0.218 e. The highest BCUT2D eigenvalue weighted by Gasteiger charge is 2.31. The number of pyridine rings is 1. The lowest BCUT2D eigenvalue weighted by Gasteiger charge is -2.30. The Morgan fingerprint density at radius 2 is 2.13 bits per heavy atom. The molecule has 0 aromatic carbocycles. The van der Waals surface area contributed by atoms with Crippen molar-refractivity contribution in [3.05, 3.63) is 29.6 Å². The molecule has 1 aliphatic heterocycles.